The van der Waals surface area contributed by atoms with Crippen LogP contribution in [-0.4, -0.2) is 40.5 Å². The quantitative estimate of drug-likeness (QED) is 0.166. The van der Waals surface area contributed by atoms with Crippen molar-refractivity contribution in [2.45, 2.75) is 19.6 Å². The molecule has 172 valence electrons. The Labute approximate surface area is 200 Å². The second kappa shape index (κ2) is 12.2. The molecule has 0 aliphatic rings. The van der Waals surface area contributed by atoms with Crippen LogP contribution in [0, 0.1) is 0 Å². The highest BCUT2D eigenvalue weighted by molar-refractivity contribution is 14.0. The van der Waals surface area contributed by atoms with E-state index >= 15 is 0 Å². The number of anilines is 1. The summed E-state index contributed by atoms with van der Waals surface area (Å²) < 4.78 is 43.6. The minimum absolute atomic E-state index is 0. The van der Waals surface area contributed by atoms with Crippen LogP contribution in [0.3, 0.4) is 0 Å². The van der Waals surface area contributed by atoms with Crippen molar-refractivity contribution in [1.29, 1.82) is 0 Å². The number of aromatic nitrogens is 3. The van der Waals surface area contributed by atoms with Gasteiger partial charge in [-0.15, -0.1) is 24.0 Å². The summed E-state index contributed by atoms with van der Waals surface area (Å²) in [5.41, 5.74) is 0.563. The standard InChI is InChI=1S/C20H22F3N7O.HI/c1-2-24-18(26-10-11-27-19-25-9-8-16(30-19)20(21,22)23)28-12-15-13-31-17(29-15)14-6-4-3-5-7-14;/h3-9,13H,2,10-12H2,1H3,(H2,24,26,28)(H,25,27,30);1H. The number of alkyl halides is 3. The predicted octanol–water partition coefficient (Wildman–Crippen LogP) is 3.94. The van der Waals surface area contributed by atoms with Crippen LogP contribution in [0.25, 0.3) is 11.5 Å². The average Bonchev–Trinajstić information content (AvgIpc) is 3.24. The Hall–Kier alpha value is -2.90. The molecular weight excluding hydrogens is 538 g/mol. The lowest BCUT2D eigenvalue weighted by molar-refractivity contribution is -0.141. The molecule has 3 aromatic rings. The summed E-state index contributed by atoms with van der Waals surface area (Å²) in [4.78, 5) is 16.1. The molecule has 12 heteroatoms. The molecule has 0 amide bonds. The molecule has 0 fully saturated rings. The number of aliphatic imine (C=N–C) groups is 1. The van der Waals surface area contributed by atoms with Gasteiger partial charge in [0.05, 0.1) is 6.54 Å². The third-order valence-corrected chi connectivity index (χ3v) is 3.96. The number of nitrogens with zero attached hydrogens (tertiary/aromatic N) is 4. The lowest BCUT2D eigenvalue weighted by Gasteiger charge is -2.12. The molecule has 2 heterocycles. The van der Waals surface area contributed by atoms with Crippen LogP contribution in [-0.2, 0) is 12.7 Å². The van der Waals surface area contributed by atoms with Crippen LogP contribution in [0.15, 0.2) is 58.3 Å². The van der Waals surface area contributed by atoms with Crippen LogP contribution >= 0.6 is 24.0 Å². The Morgan fingerprint density at radius 3 is 2.56 bits per heavy atom. The number of hydrogen-bond acceptors (Lipinski definition) is 6. The van der Waals surface area contributed by atoms with E-state index in [2.05, 4.69) is 35.9 Å². The first-order valence-corrected chi connectivity index (χ1v) is 9.62. The fourth-order valence-corrected chi connectivity index (χ4v) is 2.55. The maximum absolute atomic E-state index is 12.7. The molecule has 3 N–H and O–H groups in total. The van der Waals surface area contributed by atoms with Crippen molar-refractivity contribution in [3.63, 3.8) is 0 Å². The van der Waals surface area contributed by atoms with E-state index in [1.165, 1.54) is 0 Å². The van der Waals surface area contributed by atoms with Gasteiger partial charge in [-0.3, -0.25) is 0 Å². The van der Waals surface area contributed by atoms with Crippen molar-refractivity contribution in [2.75, 3.05) is 25.0 Å². The van der Waals surface area contributed by atoms with Crippen LogP contribution in [0.2, 0.25) is 0 Å². The third kappa shape index (κ3) is 7.66. The molecule has 0 bridgehead atoms. The van der Waals surface area contributed by atoms with Gasteiger partial charge in [-0.2, -0.15) is 13.2 Å². The van der Waals surface area contributed by atoms with Crippen LogP contribution in [0.4, 0.5) is 19.1 Å². The summed E-state index contributed by atoms with van der Waals surface area (Å²) in [6.45, 7) is 3.56. The number of nitrogens with one attached hydrogen (secondary N) is 3. The monoisotopic (exact) mass is 561 g/mol. The van der Waals surface area contributed by atoms with E-state index in [-0.39, 0.29) is 29.9 Å². The second-order valence-electron chi connectivity index (χ2n) is 6.32. The minimum Gasteiger partial charge on any atom is -0.444 e. The Bertz CT molecular complexity index is 996. The molecule has 0 aliphatic carbocycles. The highest BCUT2D eigenvalue weighted by Gasteiger charge is 2.32. The Balaban J connectivity index is 0.00000363. The highest BCUT2D eigenvalue weighted by atomic mass is 127. The first-order valence-electron chi connectivity index (χ1n) is 9.62. The minimum atomic E-state index is -4.51. The summed E-state index contributed by atoms with van der Waals surface area (Å²) in [5, 5.41) is 8.93. The number of benzene rings is 1. The molecule has 0 atom stereocenters. The van der Waals surface area contributed by atoms with E-state index in [0.717, 1.165) is 17.8 Å². The second-order valence-corrected chi connectivity index (χ2v) is 6.32. The van der Waals surface area contributed by atoms with Gasteiger partial charge in [-0.25, -0.2) is 19.9 Å². The molecule has 1 aromatic carbocycles. The van der Waals surface area contributed by atoms with E-state index in [4.69, 9.17) is 4.42 Å². The van der Waals surface area contributed by atoms with Crippen molar-refractivity contribution in [3.8, 4) is 11.5 Å². The summed E-state index contributed by atoms with van der Waals surface area (Å²) in [5.74, 6) is 0.974. The van der Waals surface area contributed by atoms with E-state index in [1.807, 2.05) is 37.3 Å². The normalized spacial score (nSPS) is 11.6. The number of oxazole rings is 1. The van der Waals surface area contributed by atoms with Gasteiger partial charge in [0.1, 0.15) is 17.7 Å². The van der Waals surface area contributed by atoms with Gasteiger partial charge in [-0.05, 0) is 25.1 Å². The lowest BCUT2D eigenvalue weighted by Crippen LogP contribution is -2.39. The molecule has 32 heavy (non-hydrogen) atoms. The van der Waals surface area contributed by atoms with Crippen molar-refractivity contribution < 1.29 is 17.6 Å². The number of rotatable bonds is 8. The van der Waals surface area contributed by atoms with E-state index in [9.17, 15) is 13.2 Å². The zero-order valence-electron chi connectivity index (χ0n) is 17.2. The van der Waals surface area contributed by atoms with Crippen molar-refractivity contribution >= 4 is 35.9 Å². The first kappa shape index (κ1) is 25.4. The topological polar surface area (TPSA) is 100 Å². The predicted molar refractivity (Wildman–Crippen MR) is 126 cm³/mol. The molecule has 8 nitrogen and oxygen atoms in total. The third-order valence-electron chi connectivity index (χ3n) is 3.96. The fraction of sp³-hybridized carbons (Fsp3) is 0.300. The van der Waals surface area contributed by atoms with Gasteiger partial charge in [0.25, 0.3) is 0 Å². The highest BCUT2D eigenvalue weighted by Crippen LogP contribution is 2.27. The van der Waals surface area contributed by atoms with Crippen LogP contribution in [0.1, 0.15) is 18.3 Å². The van der Waals surface area contributed by atoms with Gasteiger partial charge in [0.15, 0.2) is 5.96 Å². The number of guanidine groups is 1. The molecule has 0 spiro atoms. The SMILES string of the molecule is CCNC(=NCc1coc(-c2ccccc2)n1)NCCNc1nccc(C(F)(F)F)n1.I. The molecular formula is C20H23F3IN7O. The fourth-order valence-electron chi connectivity index (χ4n) is 2.55. The zero-order valence-corrected chi connectivity index (χ0v) is 19.5. The van der Waals surface area contributed by atoms with Gasteiger partial charge in [-0.1, -0.05) is 18.2 Å². The van der Waals surface area contributed by atoms with Crippen molar-refractivity contribution in [1.82, 2.24) is 25.6 Å². The van der Waals surface area contributed by atoms with Gasteiger partial charge in [0, 0.05) is 31.4 Å². The van der Waals surface area contributed by atoms with Gasteiger partial charge < -0.3 is 20.4 Å². The Morgan fingerprint density at radius 1 is 1.06 bits per heavy atom. The van der Waals surface area contributed by atoms with Crippen molar-refractivity contribution in [3.05, 3.63) is 60.2 Å². The van der Waals surface area contributed by atoms with E-state index in [1.54, 1.807) is 6.26 Å². The maximum Gasteiger partial charge on any atom is 0.433 e. The maximum atomic E-state index is 12.7. The largest absolute Gasteiger partial charge is 0.444 e. The number of hydrogen-bond donors (Lipinski definition) is 3. The molecule has 0 unspecified atom stereocenters. The summed E-state index contributed by atoms with van der Waals surface area (Å²) >= 11 is 0. The molecule has 3 rings (SSSR count). The van der Waals surface area contributed by atoms with Gasteiger partial charge in [0.2, 0.25) is 11.8 Å². The van der Waals surface area contributed by atoms with Crippen LogP contribution in [0.5, 0.6) is 0 Å². The lowest BCUT2D eigenvalue weighted by atomic mass is 10.2. The zero-order chi connectivity index (χ0) is 22.1. The van der Waals surface area contributed by atoms with Gasteiger partial charge >= 0.3 is 6.18 Å². The molecule has 0 aliphatic heterocycles. The van der Waals surface area contributed by atoms with E-state index < -0.39 is 11.9 Å². The summed E-state index contributed by atoms with van der Waals surface area (Å²) in [6, 6.07) is 10.4. The molecule has 2 aromatic heterocycles. The van der Waals surface area contributed by atoms with E-state index in [0.29, 0.717) is 43.7 Å². The first-order chi connectivity index (χ1) is 15.0. The van der Waals surface area contributed by atoms with Crippen LogP contribution < -0.4 is 16.0 Å². The Kier molecular flexibility index (Phi) is 9.68. The summed E-state index contributed by atoms with van der Waals surface area (Å²) in [7, 11) is 0. The molecule has 0 saturated carbocycles. The molecule has 0 radical (unpaired) electrons. The smallest absolute Gasteiger partial charge is 0.433 e. The average molecular weight is 561 g/mol. The Morgan fingerprint density at radius 2 is 1.84 bits per heavy atom. The summed E-state index contributed by atoms with van der Waals surface area (Å²) in [6.07, 6.45) is -1.88. The van der Waals surface area contributed by atoms with Crippen molar-refractivity contribution in [2.24, 2.45) is 4.99 Å². The number of halogens is 4. The molecule has 0 saturated heterocycles.